The Morgan fingerprint density at radius 1 is 1.00 bits per heavy atom. The van der Waals surface area contributed by atoms with Gasteiger partial charge >= 0.3 is 11.9 Å². The third kappa shape index (κ3) is 9.03. The minimum Gasteiger partial charge on any atom is -0.479 e. The van der Waals surface area contributed by atoms with Gasteiger partial charge in [0.25, 0.3) is 0 Å². The maximum absolute atomic E-state index is 13.2. The highest BCUT2D eigenvalue weighted by Gasteiger charge is 2.51. The first kappa shape index (κ1) is 37.9. The van der Waals surface area contributed by atoms with Gasteiger partial charge in [0.2, 0.25) is 6.29 Å². The first-order valence-electron chi connectivity index (χ1n) is 17.2. The average Bonchev–Trinajstić information content (AvgIpc) is 3.87. The molecule has 1 saturated heterocycles. The molecule has 52 heavy (non-hydrogen) atoms. The van der Waals surface area contributed by atoms with Crippen molar-refractivity contribution in [3.63, 3.8) is 0 Å². The van der Waals surface area contributed by atoms with E-state index in [2.05, 4.69) is 12.1 Å². The van der Waals surface area contributed by atoms with Gasteiger partial charge in [-0.05, 0) is 86.1 Å². The molecule has 2 aliphatic rings. The van der Waals surface area contributed by atoms with E-state index in [0.717, 1.165) is 51.7 Å². The number of carboxylic acids is 1. The fraction of sp³-hybridized carbons (Fsp3) is 0.375. The molecular weight excluding hydrogens is 706 g/mol. The van der Waals surface area contributed by atoms with Crippen molar-refractivity contribution in [3.8, 4) is 0 Å². The van der Waals surface area contributed by atoms with Crippen LogP contribution in [-0.4, -0.2) is 77.9 Å². The van der Waals surface area contributed by atoms with Gasteiger partial charge < -0.3 is 35.0 Å². The van der Waals surface area contributed by atoms with Gasteiger partial charge in [-0.3, -0.25) is 4.79 Å². The Hall–Kier alpha value is -3.81. The van der Waals surface area contributed by atoms with E-state index in [-0.39, 0.29) is 11.7 Å². The zero-order valence-corrected chi connectivity index (χ0v) is 30.3. The molecule has 1 aromatic heterocycles. The Balaban J connectivity index is 1.22. The van der Waals surface area contributed by atoms with Gasteiger partial charge in [0.1, 0.15) is 18.3 Å². The maximum atomic E-state index is 13.2. The summed E-state index contributed by atoms with van der Waals surface area (Å²) in [6, 6.07) is 25.6. The quantitative estimate of drug-likeness (QED) is 0.101. The number of carbonyl (C=O) groups is 2. The van der Waals surface area contributed by atoms with Crippen molar-refractivity contribution in [3.05, 3.63) is 112 Å². The van der Waals surface area contributed by atoms with Crippen LogP contribution in [0.4, 0.5) is 0 Å². The number of fused-ring (bicyclic) bond motifs is 1. The zero-order chi connectivity index (χ0) is 37.2. The first-order chi connectivity index (χ1) is 24.7. The van der Waals surface area contributed by atoms with Crippen LogP contribution in [0.25, 0.3) is 23.1 Å². The van der Waals surface area contributed by atoms with E-state index < -0.39 is 53.0 Å². The van der Waals surface area contributed by atoms with Gasteiger partial charge in [0.05, 0.1) is 23.2 Å². The molecule has 0 bridgehead atoms. The van der Waals surface area contributed by atoms with Crippen molar-refractivity contribution in [1.29, 1.82) is 0 Å². The van der Waals surface area contributed by atoms with Gasteiger partial charge in [-0.15, -0.1) is 11.8 Å². The molecule has 0 radical (unpaired) electrons. The molecule has 274 valence electrons. The summed E-state index contributed by atoms with van der Waals surface area (Å²) < 4.78 is 10.1. The number of aromatic nitrogens is 1. The number of esters is 1. The number of hydrogen-bond acceptors (Lipinski definition) is 10. The monoisotopic (exact) mass is 747 g/mol. The topological polar surface area (TPSA) is 167 Å². The predicted molar refractivity (Wildman–Crippen MR) is 199 cm³/mol. The highest BCUT2D eigenvalue weighted by atomic mass is 35.5. The van der Waals surface area contributed by atoms with Crippen molar-refractivity contribution in [2.75, 3.05) is 0 Å². The van der Waals surface area contributed by atoms with Gasteiger partial charge in [0.15, 0.2) is 6.10 Å². The van der Waals surface area contributed by atoms with Crippen molar-refractivity contribution in [1.82, 2.24) is 4.98 Å². The second kappa shape index (κ2) is 15.7. The van der Waals surface area contributed by atoms with Crippen molar-refractivity contribution < 1.29 is 44.6 Å². The summed E-state index contributed by atoms with van der Waals surface area (Å²) in [5.74, 6) is -2.27. The number of ether oxygens (including phenoxy) is 2. The summed E-state index contributed by atoms with van der Waals surface area (Å²) in [4.78, 5) is 29.5. The molecule has 2 heterocycles. The van der Waals surface area contributed by atoms with Gasteiger partial charge in [-0.1, -0.05) is 78.3 Å². The molecule has 6 atom stereocenters. The molecule has 5 N–H and O–H groups in total. The van der Waals surface area contributed by atoms with Crippen molar-refractivity contribution in [2.24, 2.45) is 0 Å². The van der Waals surface area contributed by atoms with Crippen LogP contribution < -0.4 is 0 Å². The Kier molecular flexibility index (Phi) is 11.4. The Morgan fingerprint density at radius 2 is 1.75 bits per heavy atom. The lowest BCUT2D eigenvalue weighted by Crippen LogP contribution is -2.60. The average molecular weight is 748 g/mol. The summed E-state index contributed by atoms with van der Waals surface area (Å²) >= 11 is 7.86. The van der Waals surface area contributed by atoms with Gasteiger partial charge in [-0.2, -0.15) is 0 Å². The zero-order valence-electron chi connectivity index (χ0n) is 28.8. The lowest BCUT2D eigenvalue weighted by molar-refractivity contribution is -0.286. The number of aliphatic carboxylic acids is 1. The highest BCUT2D eigenvalue weighted by molar-refractivity contribution is 8.01. The van der Waals surface area contributed by atoms with Crippen LogP contribution in [0.2, 0.25) is 5.02 Å². The third-order valence-electron chi connectivity index (χ3n) is 9.48. The number of rotatable bonds is 13. The van der Waals surface area contributed by atoms with Crippen molar-refractivity contribution >= 4 is 58.4 Å². The summed E-state index contributed by atoms with van der Waals surface area (Å²) in [6.45, 7) is 3.53. The Morgan fingerprint density at radius 3 is 2.48 bits per heavy atom. The molecule has 2 fully saturated rings. The molecule has 10 nitrogen and oxygen atoms in total. The molecule has 6 rings (SSSR count). The van der Waals surface area contributed by atoms with E-state index in [9.17, 15) is 35.1 Å². The van der Waals surface area contributed by atoms with Crippen molar-refractivity contribution in [2.45, 2.75) is 92.3 Å². The standard InChI is InChI=1S/C40H42ClNO9S/c1-39(2,49)29-9-4-3-7-24(29)13-17-31(26-8-5-6-23(20-26)10-15-28-16-12-25-11-14-27(41)21-30(25)42-28)52-40(18-19-40)22-32(43)50-38-35(46)33(44)34(45)36(51-38)37(47)48/h3-12,14-16,20-21,31,33-36,38,44-46,49H,13,17-19,22H2,1-2H3,(H,47,48)/b15-10+/t31-,33+,34+,35-,36+,38-/m1/s1. The van der Waals surface area contributed by atoms with E-state index in [1.54, 1.807) is 25.6 Å². The molecule has 0 spiro atoms. The van der Waals surface area contributed by atoms with E-state index in [4.69, 9.17) is 26.1 Å². The lowest BCUT2D eigenvalue weighted by atomic mass is 9.90. The van der Waals surface area contributed by atoms with Gasteiger partial charge in [0, 0.05) is 20.4 Å². The van der Waals surface area contributed by atoms with Gasteiger partial charge in [-0.25, -0.2) is 9.78 Å². The molecule has 0 unspecified atom stereocenters. The molecular formula is C40H42ClNO9S. The van der Waals surface area contributed by atoms with Crippen LogP contribution in [0.5, 0.6) is 0 Å². The number of carbonyl (C=O) groups excluding carboxylic acids is 1. The Labute approximate surface area is 311 Å². The van der Waals surface area contributed by atoms with Crippen LogP contribution in [0.3, 0.4) is 0 Å². The lowest BCUT2D eigenvalue weighted by Gasteiger charge is -2.38. The molecule has 3 aromatic carbocycles. The molecule has 1 aliphatic carbocycles. The number of hydrogen-bond donors (Lipinski definition) is 5. The number of halogens is 1. The normalized spacial score (nSPS) is 23.4. The van der Waals surface area contributed by atoms with Crippen LogP contribution in [-0.2, 0) is 31.1 Å². The number of thioether (sulfide) groups is 1. The number of benzene rings is 3. The summed E-state index contributed by atoms with van der Waals surface area (Å²) in [7, 11) is 0. The van der Waals surface area contributed by atoms with E-state index >= 15 is 0 Å². The minimum absolute atomic E-state index is 0.0331. The molecule has 1 aliphatic heterocycles. The number of aryl methyl sites for hydroxylation is 1. The smallest absolute Gasteiger partial charge is 0.335 e. The second-order valence-electron chi connectivity index (χ2n) is 14.0. The summed E-state index contributed by atoms with van der Waals surface area (Å²) in [6.07, 6.45) is -2.45. The Bertz CT molecular complexity index is 1960. The summed E-state index contributed by atoms with van der Waals surface area (Å²) in [5.41, 5.74) is 4.46. The predicted octanol–water partition coefficient (Wildman–Crippen LogP) is 6.05. The van der Waals surface area contributed by atoms with Crippen LogP contribution in [0, 0.1) is 0 Å². The summed E-state index contributed by atoms with van der Waals surface area (Å²) in [5, 5.41) is 52.4. The number of pyridine rings is 1. The van der Waals surface area contributed by atoms with Crippen LogP contribution in [0.15, 0.2) is 78.9 Å². The fourth-order valence-electron chi connectivity index (χ4n) is 6.52. The number of nitrogens with zero attached hydrogens (tertiary/aromatic N) is 1. The largest absolute Gasteiger partial charge is 0.479 e. The molecule has 12 heteroatoms. The minimum atomic E-state index is -1.89. The fourth-order valence-corrected chi connectivity index (χ4v) is 8.35. The molecule has 0 amide bonds. The SMILES string of the molecule is CC(C)(O)c1ccccc1CC[C@@H](SC1(CC(=O)O[C@@H]2O[C@H](C(=O)O)[C@@H](O)[C@H](O)[C@H]2O)CC1)c1cccc(/C=C/c2ccc3ccc(Cl)cc3n2)c1. The first-order valence-corrected chi connectivity index (χ1v) is 18.4. The molecule has 1 saturated carbocycles. The third-order valence-corrected chi connectivity index (χ3v) is 11.6. The van der Waals surface area contributed by atoms with E-state index in [1.165, 1.54) is 0 Å². The highest BCUT2D eigenvalue weighted by Crippen LogP contribution is 2.57. The van der Waals surface area contributed by atoms with Crippen LogP contribution >= 0.6 is 23.4 Å². The molecule has 4 aromatic rings. The maximum Gasteiger partial charge on any atom is 0.335 e. The second-order valence-corrected chi connectivity index (χ2v) is 16.1. The number of aliphatic hydroxyl groups excluding tert-OH is 3. The van der Waals surface area contributed by atoms with E-state index in [0.29, 0.717) is 17.9 Å². The number of carboxylic acid groups (broad SMARTS) is 1. The van der Waals surface area contributed by atoms with Crippen LogP contribution in [0.1, 0.15) is 72.7 Å². The number of aliphatic hydroxyl groups is 4. The van der Waals surface area contributed by atoms with E-state index in [1.807, 2.05) is 78.9 Å².